The van der Waals surface area contributed by atoms with Crippen molar-refractivity contribution in [2.75, 3.05) is 6.61 Å². The number of aromatic hydroxyl groups is 2. The second-order valence-electron chi connectivity index (χ2n) is 4.68. The third kappa shape index (κ3) is 2.11. The summed E-state index contributed by atoms with van der Waals surface area (Å²) in [4.78, 5) is 0. The molecule has 0 saturated carbocycles. The molecule has 4 heteroatoms. The minimum Gasteiger partial charge on any atom is -0.508 e. The fourth-order valence-corrected chi connectivity index (χ4v) is 2.38. The van der Waals surface area contributed by atoms with Crippen LogP contribution in [0.5, 0.6) is 17.2 Å². The van der Waals surface area contributed by atoms with Crippen molar-refractivity contribution in [2.45, 2.75) is 12.0 Å². The van der Waals surface area contributed by atoms with Crippen LogP contribution < -0.4 is 4.74 Å². The topological polar surface area (TPSA) is 69.9 Å². The molecule has 3 rings (SSSR count). The zero-order valence-corrected chi connectivity index (χ0v) is 10.2. The fourth-order valence-electron chi connectivity index (χ4n) is 2.38. The summed E-state index contributed by atoms with van der Waals surface area (Å²) in [5.74, 6) is 0.648. The maximum Gasteiger partial charge on any atom is 0.128 e. The van der Waals surface area contributed by atoms with Crippen molar-refractivity contribution in [1.29, 1.82) is 0 Å². The van der Waals surface area contributed by atoms with Crippen molar-refractivity contribution in [3.63, 3.8) is 0 Å². The summed E-state index contributed by atoms with van der Waals surface area (Å²) in [6, 6.07) is 11.4. The Balaban J connectivity index is 1.95. The molecule has 2 unspecified atom stereocenters. The Kier molecular flexibility index (Phi) is 2.80. The summed E-state index contributed by atoms with van der Waals surface area (Å²) in [5.41, 5.74) is 1.58. The molecule has 0 saturated heterocycles. The molecule has 3 N–H and O–H groups in total. The SMILES string of the molecule is Oc1ccc(C2COc3cc(O)ccc3C2O)cc1. The molecule has 2 atom stereocenters. The zero-order chi connectivity index (χ0) is 13.4. The number of hydrogen-bond donors (Lipinski definition) is 3. The van der Waals surface area contributed by atoms with Crippen LogP contribution in [0.25, 0.3) is 0 Å². The average molecular weight is 258 g/mol. The molecule has 1 aliphatic rings. The van der Waals surface area contributed by atoms with Gasteiger partial charge in [0.05, 0.1) is 12.7 Å². The van der Waals surface area contributed by atoms with Gasteiger partial charge in [0.25, 0.3) is 0 Å². The Morgan fingerprint density at radius 3 is 2.37 bits per heavy atom. The molecule has 4 nitrogen and oxygen atoms in total. The van der Waals surface area contributed by atoms with Crippen LogP contribution in [0, 0.1) is 0 Å². The lowest BCUT2D eigenvalue weighted by molar-refractivity contribution is 0.0887. The minimum absolute atomic E-state index is 0.119. The van der Waals surface area contributed by atoms with Gasteiger partial charge in [-0.05, 0) is 29.8 Å². The molecular weight excluding hydrogens is 244 g/mol. The van der Waals surface area contributed by atoms with Crippen LogP contribution in [-0.2, 0) is 0 Å². The highest BCUT2D eigenvalue weighted by Gasteiger charge is 2.30. The van der Waals surface area contributed by atoms with Gasteiger partial charge in [-0.1, -0.05) is 12.1 Å². The molecular formula is C15H14O4. The highest BCUT2D eigenvalue weighted by Crippen LogP contribution is 2.41. The van der Waals surface area contributed by atoms with Gasteiger partial charge in [0.2, 0.25) is 0 Å². The van der Waals surface area contributed by atoms with E-state index in [4.69, 9.17) is 4.74 Å². The van der Waals surface area contributed by atoms with Gasteiger partial charge in [-0.2, -0.15) is 0 Å². The lowest BCUT2D eigenvalue weighted by Crippen LogP contribution is -2.24. The van der Waals surface area contributed by atoms with E-state index in [2.05, 4.69) is 0 Å². The summed E-state index contributed by atoms with van der Waals surface area (Å²) >= 11 is 0. The van der Waals surface area contributed by atoms with Gasteiger partial charge in [0, 0.05) is 17.5 Å². The van der Waals surface area contributed by atoms with Crippen LogP contribution in [-0.4, -0.2) is 21.9 Å². The second-order valence-corrected chi connectivity index (χ2v) is 4.68. The molecule has 0 fully saturated rings. The van der Waals surface area contributed by atoms with Crippen LogP contribution in [0.2, 0.25) is 0 Å². The van der Waals surface area contributed by atoms with Crippen LogP contribution >= 0.6 is 0 Å². The van der Waals surface area contributed by atoms with E-state index < -0.39 is 6.10 Å². The number of aliphatic hydroxyl groups excluding tert-OH is 1. The molecule has 0 bridgehead atoms. The van der Waals surface area contributed by atoms with Gasteiger partial charge in [0.1, 0.15) is 17.2 Å². The Labute approximate surface area is 110 Å². The molecule has 19 heavy (non-hydrogen) atoms. The number of aliphatic hydroxyl groups is 1. The molecule has 0 radical (unpaired) electrons. The smallest absolute Gasteiger partial charge is 0.128 e. The van der Waals surface area contributed by atoms with Crippen molar-refractivity contribution in [1.82, 2.24) is 0 Å². The van der Waals surface area contributed by atoms with Gasteiger partial charge in [-0.3, -0.25) is 0 Å². The van der Waals surface area contributed by atoms with Crippen molar-refractivity contribution in [3.8, 4) is 17.2 Å². The Morgan fingerprint density at radius 2 is 1.63 bits per heavy atom. The standard InChI is InChI=1S/C15H14O4/c16-10-3-1-9(2-4-10)13-8-19-14-7-11(17)5-6-12(14)15(13)18/h1-7,13,15-18H,8H2. The van der Waals surface area contributed by atoms with Crippen LogP contribution in [0.1, 0.15) is 23.1 Å². The first-order valence-electron chi connectivity index (χ1n) is 6.08. The number of rotatable bonds is 1. The third-order valence-electron chi connectivity index (χ3n) is 3.44. The number of hydrogen-bond acceptors (Lipinski definition) is 4. The van der Waals surface area contributed by atoms with E-state index in [0.717, 1.165) is 5.56 Å². The normalized spacial score (nSPS) is 21.5. The summed E-state index contributed by atoms with van der Waals surface area (Å²) in [7, 11) is 0. The van der Waals surface area contributed by atoms with Crippen molar-refractivity contribution in [3.05, 3.63) is 53.6 Å². The Bertz CT molecular complexity index is 592. The molecule has 2 aromatic carbocycles. The molecule has 2 aromatic rings. The maximum atomic E-state index is 10.4. The maximum absolute atomic E-state index is 10.4. The van der Waals surface area contributed by atoms with E-state index in [1.807, 2.05) is 0 Å². The molecule has 1 aliphatic heterocycles. The molecule has 0 aromatic heterocycles. The van der Waals surface area contributed by atoms with Crippen LogP contribution in [0.3, 0.4) is 0 Å². The first-order chi connectivity index (χ1) is 9.15. The third-order valence-corrected chi connectivity index (χ3v) is 3.44. The Hall–Kier alpha value is -2.20. The largest absolute Gasteiger partial charge is 0.508 e. The summed E-state index contributed by atoms with van der Waals surface area (Å²) < 4.78 is 5.59. The molecule has 0 spiro atoms. The first kappa shape index (κ1) is 11.9. The van der Waals surface area contributed by atoms with Crippen LogP contribution in [0.15, 0.2) is 42.5 Å². The number of ether oxygens (including phenoxy) is 1. The molecule has 1 heterocycles. The van der Waals surface area contributed by atoms with Gasteiger partial charge in [0.15, 0.2) is 0 Å². The lowest BCUT2D eigenvalue weighted by Gasteiger charge is -2.30. The van der Waals surface area contributed by atoms with Crippen molar-refractivity contribution >= 4 is 0 Å². The van der Waals surface area contributed by atoms with Crippen molar-refractivity contribution < 1.29 is 20.1 Å². The average Bonchev–Trinajstić information content (AvgIpc) is 2.40. The van der Waals surface area contributed by atoms with E-state index in [1.54, 1.807) is 30.3 Å². The lowest BCUT2D eigenvalue weighted by atomic mass is 9.87. The number of phenolic OH excluding ortho intramolecular Hbond substituents is 2. The highest BCUT2D eigenvalue weighted by molar-refractivity contribution is 5.45. The molecule has 98 valence electrons. The predicted molar refractivity (Wildman–Crippen MR) is 69.4 cm³/mol. The van der Waals surface area contributed by atoms with Crippen LogP contribution in [0.4, 0.5) is 0 Å². The van der Waals surface area contributed by atoms with Gasteiger partial charge in [-0.25, -0.2) is 0 Å². The predicted octanol–water partition coefficient (Wildman–Crippen LogP) is 2.31. The van der Waals surface area contributed by atoms with Gasteiger partial charge in [-0.15, -0.1) is 0 Å². The Morgan fingerprint density at radius 1 is 0.947 bits per heavy atom. The van der Waals surface area contributed by atoms with E-state index >= 15 is 0 Å². The summed E-state index contributed by atoms with van der Waals surface area (Å²) in [5, 5.41) is 29.1. The first-order valence-corrected chi connectivity index (χ1v) is 6.08. The summed E-state index contributed by atoms with van der Waals surface area (Å²) in [6.45, 7) is 0.336. The number of fused-ring (bicyclic) bond motifs is 1. The monoisotopic (exact) mass is 258 g/mol. The van der Waals surface area contributed by atoms with Gasteiger partial charge < -0.3 is 20.1 Å². The minimum atomic E-state index is -0.686. The highest BCUT2D eigenvalue weighted by atomic mass is 16.5. The van der Waals surface area contributed by atoms with E-state index in [1.165, 1.54) is 12.1 Å². The molecule has 0 aliphatic carbocycles. The van der Waals surface area contributed by atoms with Crippen molar-refractivity contribution in [2.24, 2.45) is 0 Å². The quantitative estimate of drug-likeness (QED) is 0.734. The zero-order valence-electron chi connectivity index (χ0n) is 10.2. The van der Waals surface area contributed by atoms with E-state index in [0.29, 0.717) is 17.9 Å². The number of phenols is 2. The number of benzene rings is 2. The second kappa shape index (κ2) is 4.48. The van der Waals surface area contributed by atoms with E-state index in [9.17, 15) is 15.3 Å². The van der Waals surface area contributed by atoms with Gasteiger partial charge >= 0.3 is 0 Å². The summed E-state index contributed by atoms with van der Waals surface area (Å²) in [6.07, 6.45) is -0.686. The van der Waals surface area contributed by atoms with E-state index in [-0.39, 0.29) is 17.4 Å². The fraction of sp³-hybridized carbons (Fsp3) is 0.200. The molecule has 0 amide bonds.